The van der Waals surface area contributed by atoms with Crippen LogP contribution >= 0.6 is 23.2 Å². The minimum Gasteiger partial charge on any atom is -0.474 e. The summed E-state index contributed by atoms with van der Waals surface area (Å²) in [6, 6.07) is 4.99. The second-order valence-electron chi connectivity index (χ2n) is 8.61. The number of likely N-dealkylation sites (N-methyl/N-ethyl adjacent to an activating group) is 1. The number of carbonyl (C=O) groups excluding carboxylic acids is 1. The normalized spacial score (nSPS) is 18.3. The van der Waals surface area contributed by atoms with Crippen molar-refractivity contribution in [1.82, 2.24) is 24.6 Å². The third kappa shape index (κ3) is 6.02. The van der Waals surface area contributed by atoms with Gasteiger partial charge < -0.3 is 25.0 Å². The zero-order valence-electron chi connectivity index (χ0n) is 19.1. The van der Waals surface area contributed by atoms with Crippen LogP contribution in [0.5, 0.6) is 5.88 Å². The third-order valence-corrected chi connectivity index (χ3v) is 6.25. The van der Waals surface area contributed by atoms with E-state index in [9.17, 15) is 4.79 Å². The number of nitrogens with zero attached hydrogens (tertiary/aromatic N) is 5. The first-order chi connectivity index (χ1) is 16.9. The number of ether oxygens (including phenoxy) is 2. The average Bonchev–Trinajstić information content (AvgIpc) is 3.54. The first kappa shape index (κ1) is 23.8. The largest absolute Gasteiger partial charge is 0.474 e. The van der Waals surface area contributed by atoms with Crippen molar-refractivity contribution in [3.05, 3.63) is 52.4 Å². The standard InChI is InChI=1S/C23H25Cl2N7O3/c1-31-7-8-34-16(12-31)13-32-11-14(9-27-32)28-23-26-10-17(22(30-23)35-15-5-6-15)21(33)29-20-18(24)3-2-4-19(20)25/h2-4,9-11,15-16H,5-8,12-13H2,1H3,(H,29,33)(H,26,28,30)/t16-/m0/s1. The topological polar surface area (TPSA) is 106 Å². The second kappa shape index (κ2) is 10.4. The molecule has 184 valence electrons. The predicted molar refractivity (Wildman–Crippen MR) is 133 cm³/mol. The Bertz CT molecular complexity index is 1200. The minimum atomic E-state index is -0.465. The van der Waals surface area contributed by atoms with E-state index >= 15 is 0 Å². The van der Waals surface area contributed by atoms with Crippen LogP contribution in [0.1, 0.15) is 23.2 Å². The zero-order chi connectivity index (χ0) is 24.4. The molecular formula is C23H25Cl2N7O3. The summed E-state index contributed by atoms with van der Waals surface area (Å²) in [6.45, 7) is 3.15. The van der Waals surface area contributed by atoms with Gasteiger partial charge in [-0.15, -0.1) is 0 Å². The van der Waals surface area contributed by atoms with Crippen molar-refractivity contribution in [3.8, 4) is 5.88 Å². The predicted octanol–water partition coefficient (Wildman–Crippen LogP) is 3.85. The molecule has 35 heavy (non-hydrogen) atoms. The lowest BCUT2D eigenvalue weighted by atomic mass is 10.2. The molecule has 1 atom stereocenters. The summed E-state index contributed by atoms with van der Waals surface area (Å²) in [6.07, 6.45) is 6.92. The quantitative estimate of drug-likeness (QED) is 0.464. The van der Waals surface area contributed by atoms with Crippen molar-refractivity contribution in [1.29, 1.82) is 0 Å². The maximum atomic E-state index is 13.0. The smallest absolute Gasteiger partial charge is 0.262 e. The molecule has 2 N–H and O–H groups in total. The van der Waals surface area contributed by atoms with E-state index in [1.165, 1.54) is 6.20 Å². The van der Waals surface area contributed by atoms with Gasteiger partial charge in [0, 0.05) is 25.5 Å². The van der Waals surface area contributed by atoms with Gasteiger partial charge in [-0.3, -0.25) is 9.48 Å². The van der Waals surface area contributed by atoms with E-state index in [4.69, 9.17) is 32.7 Å². The molecule has 3 heterocycles. The van der Waals surface area contributed by atoms with Crippen LogP contribution in [0, 0.1) is 0 Å². The maximum absolute atomic E-state index is 13.0. The van der Waals surface area contributed by atoms with Crippen LogP contribution in [0.3, 0.4) is 0 Å². The summed E-state index contributed by atoms with van der Waals surface area (Å²) in [4.78, 5) is 24.0. The number of anilines is 3. The van der Waals surface area contributed by atoms with E-state index in [0.717, 1.165) is 25.9 Å². The molecule has 0 spiro atoms. The highest BCUT2D eigenvalue weighted by Crippen LogP contribution is 2.32. The number of morpholine rings is 1. The van der Waals surface area contributed by atoms with Crippen LogP contribution in [-0.4, -0.2) is 69.5 Å². The molecule has 10 nitrogen and oxygen atoms in total. The lowest BCUT2D eigenvalue weighted by Crippen LogP contribution is -2.42. The Morgan fingerprint density at radius 1 is 1.26 bits per heavy atom. The van der Waals surface area contributed by atoms with E-state index in [1.54, 1.807) is 24.4 Å². The summed E-state index contributed by atoms with van der Waals surface area (Å²) < 4.78 is 13.5. The molecule has 1 amide bonds. The number of halogens is 2. The van der Waals surface area contributed by atoms with Crippen molar-refractivity contribution >= 4 is 46.4 Å². The Morgan fingerprint density at radius 3 is 2.80 bits per heavy atom. The number of rotatable bonds is 8. The Morgan fingerprint density at radius 2 is 2.06 bits per heavy atom. The number of amides is 1. The molecule has 2 aromatic heterocycles. The molecule has 1 aromatic carbocycles. The molecule has 5 rings (SSSR count). The summed E-state index contributed by atoms with van der Waals surface area (Å²) in [5.41, 5.74) is 1.22. The molecule has 0 radical (unpaired) electrons. The third-order valence-electron chi connectivity index (χ3n) is 5.62. The summed E-state index contributed by atoms with van der Waals surface area (Å²) in [5.74, 6) is 0.0188. The molecule has 1 saturated heterocycles. The highest BCUT2D eigenvalue weighted by molar-refractivity contribution is 6.40. The van der Waals surface area contributed by atoms with E-state index in [2.05, 4.69) is 37.6 Å². The fraction of sp³-hybridized carbons (Fsp3) is 0.391. The molecule has 12 heteroatoms. The van der Waals surface area contributed by atoms with Crippen molar-refractivity contribution in [2.24, 2.45) is 0 Å². The van der Waals surface area contributed by atoms with Crippen LogP contribution in [0.4, 0.5) is 17.3 Å². The molecule has 1 aliphatic heterocycles. The number of nitrogens with one attached hydrogen (secondary N) is 2. The molecule has 1 aliphatic carbocycles. The van der Waals surface area contributed by atoms with Gasteiger partial charge in [0.25, 0.3) is 5.91 Å². The molecule has 2 aliphatic rings. The summed E-state index contributed by atoms with van der Waals surface area (Å²) in [5, 5.41) is 10.9. The zero-order valence-corrected chi connectivity index (χ0v) is 20.6. The number of aromatic nitrogens is 4. The lowest BCUT2D eigenvalue weighted by molar-refractivity contribution is -0.0290. The van der Waals surface area contributed by atoms with E-state index in [0.29, 0.717) is 40.5 Å². The molecular weight excluding hydrogens is 493 g/mol. The Kier molecular flexibility index (Phi) is 7.05. The average molecular weight is 518 g/mol. The number of hydrogen-bond donors (Lipinski definition) is 2. The van der Waals surface area contributed by atoms with Crippen molar-refractivity contribution in [3.63, 3.8) is 0 Å². The van der Waals surface area contributed by atoms with Crippen LogP contribution < -0.4 is 15.4 Å². The van der Waals surface area contributed by atoms with Crippen molar-refractivity contribution < 1.29 is 14.3 Å². The van der Waals surface area contributed by atoms with Crippen LogP contribution in [-0.2, 0) is 11.3 Å². The van der Waals surface area contributed by atoms with Gasteiger partial charge in [-0.25, -0.2) is 4.98 Å². The molecule has 0 bridgehead atoms. The van der Waals surface area contributed by atoms with Gasteiger partial charge in [-0.1, -0.05) is 29.3 Å². The van der Waals surface area contributed by atoms with Crippen molar-refractivity contribution in [2.45, 2.75) is 31.6 Å². The first-order valence-corrected chi connectivity index (χ1v) is 12.1. The lowest BCUT2D eigenvalue weighted by Gasteiger charge is -2.29. The van der Waals surface area contributed by atoms with Gasteiger partial charge >= 0.3 is 0 Å². The fourth-order valence-electron chi connectivity index (χ4n) is 3.66. The highest BCUT2D eigenvalue weighted by atomic mass is 35.5. The highest BCUT2D eigenvalue weighted by Gasteiger charge is 2.28. The van der Waals surface area contributed by atoms with E-state index in [1.807, 2.05) is 10.9 Å². The SMILES string of the molecule is CN1CCO[C@H](Cn2cc(Nc3ncc(C(=O)Nc4c(Cl)cccc4Cl)c(OC4CC4)n3)cn2)C1. The van der Waals surface area contributed by atoms with Crippen LogP contribution in [0.2, 0.25) is 10.0 Å². The number of hydrogen-bond acceptors (Lipinski definition) is 8. The molecule has 0 unspecified atom stereocenters. The molecule has 1 saturated carbocycles. The van der Waals surface area contributed by atoms with Crippen LogP contribution in [0.15, 0.2) is 36.8 Å². The maximum Gasteiger partial charge on any atom is 0.262 e. The Labute approximate surface area is 212 Å². The number of benzene rings is 1. The van der Waals surface area contributed by atoms with Gasteiger partial charge in [0.2, 0.25) is 11.8 Å². The second-order valence-corrected chi connectivity index (χ2v) is 9.43. The monoisotopic (exact) mass is 517 g/mol. The van der Waals surface area contributed by atoms with Gasteiger partial charge in [-0.05, 0) is 32.0 Å². The number of carbonyl (C=O) groups is 1. The molecule has 3 aromatic rings. The first-order valence-electron chi connectivity index (χ1n) is 11.3. The van der Waals surface area contributed by atoms with Gasteiger partial charge in [0.1, 0.15) is 11.7 Å². The van der Waals surface area contributed by atoms with Crippen LogP contribution in [0.25, 0.3) is 0 Å². The van der Waals surface area contributed by atoms with Crippen molar-refractivity contribution in [2.75, 3.05) is 37.4 Å². The Hall–Kier alpha value is -2.92. The van der Waals surface area contributed by atoms with Gasteiger partial charge in [0.15, 0.2) is 0 Å². The summed E-state index contributed by atoms with van der Waals surface area (Å²) in [7, 11) is 2.08. The number of para-hydroxylation sites is 1. The van der Waals surface area contributed by atoms with E-state index in [-0.39, 0.29) is 23.7 Å². The Balaban J connectivity index is 1.30. The van der Waals surface area contributed by atoms with Gasteiger partial charge in [0.05, 0.1) is 46.9 Å². The minimum absolute atomic E-state index is 0.0320. The van der Waals surface area contributed by atoms with Gasteiger partial charge in [-0.2, -0.15) is 10.1 Å². The molecule has 2 fully saturated rings. The van der Waals surface area contributed by atoms with E-state index < -0.39 is 5.91 Å². The fourth-order valence-corrected chi connectivity index (χ4v) is 4.15. The summed E-state index contributed by atoms with van der Waals surface area (Å²) >= 11 is 12.4.